The third-order valence-electron chi connectivity index (χ3n) is 3.60. The van der Waals surface area contributed by atoms with Crippen LogP contribution in [0.5, 0.6) is 0 Å². The normalized spacial score (nSPS) is 18.9. The second-order valence-corrected chi connectivity index (χ2v) is 5.94. The maximum Gasteiger partial charge on any atom is 0.254 e. The van der Waals surface area contributed by atoms with Gasteiger partial charge in [-0.2, -0.15) is 0 Å². The Morgan fingerprint density at radius 2 is 2.20 bits per heavy atom. The van der Waals surface area contributed by atoms with Crippen molar-refractivity contribution in [3.05, 3.63) is 33.8 Å². The molecule has 1 unspecified atom stereocenters. The summed E-state index contributed by atoms with van der Waals surface area (Å²) in [6.45, 7) is 4.77. The zero-order valence-electron chi connectivity index (χ0n) is 11.7. The molecule has 1 aromatic rings. The first-order valence-corrected chi connectivity index (χ1v) is 7.85. The van der Waals surface area contributed by atoms with E-state index in [9.17, 15) is 4.79 Å². The fraction of sp³-hybridized carbons (Fsp3) is 0.533. The number of carbonyl (C=O) groups is 1. The zero-order chi connectivity index (χ0) is 14.5. The molecule has 1 aliphatic heterocycles. The summed E-state index contributed by atoms with van der Waals surface area (Å²) in [7, 11) is 0. The molecule has 1 amide bonds. The summed E-state index contributed by atoms with van der Waals surface area (Å²) in [5, 5.41) is 4.26. The first-order chi connectivity index (χ1) is 9.63. The van der Waals surface area contributed by atoms with Crippen LogP contribution in [0.1, 0.15) is 36.5 Å². The molecule has 0 radical (unpaired) electrons. The molecule has 1 aliphatic rings. The Morgan fingerprint density at radius 1 is 1.40 bits per heavy atom. The molecule has 0 spiro atoms. The number of halogens is 2. The van der Waals surface area contributed by atoms with Crippen molar-refractivity contribution in [1.29, 1.82) is 0 Å². The summed E-state index contributed by atoms with van der Waals surface area (Å²) in [5.74, 6) is 0.0408. The van der Waals surface area contributed by atoms with Gasteiger partial charge in [-0.3, -0.25) is 4.79 Å². The van der Waals surface area contributed by atoms with E-state index in [1.165, 1.54) is 0 Å². The summed E-state index contributed by atoms with van der Waals surface area (Å²) in [6.07, 6.45) is 3.11. The van der Waals surface area contributed by atoms with E-state index in [0.29, 0.717) is 15.6 Å². The van der Waals surface area contributed by atoms with Gasteiger partial charge in [0.15, 0.2) is 0 Å². The van der Waals surface area contributed by atoms with Crippen molar-refractivity contribution in [1.82, 2.24) is 10.2 Å². The second-order valence-electron chi connectivity index (χ2n) is 5.13. The van der Waals surface area contributed by atoms with Gasteiger partial charge >= 0.3 is 0 Å². The van der Waals surface area contributed by atoms with Crippen LogP contribution < -0.4 is 5.32 Å². The van der Waals surface area contributed by atoms with Crippen LogP contribution in [-0.4, -0.2) is 36.5 Å². The average Bonchev–Trinajstić information content (AvgIpc) is 2.48. The summed E-state index contributed by atoms with van der Waals surface area (Å²) in [4.78, 5) is 14.7. The van der Waals surface area contributed by atoms with E-state index in [1.807, 2.05) is 4.90 Å². The molecule has 1 atom stereocenters. The molecule has 1 fully saturated rings. The Balaban J connectivity index is 2.18. The predicted molar refractivity (Wildman–Crippen MR) is 83.7 cm³/mol. The number of piperidine rings is 1. The molecule has 2 rings (SSSR count). The third-order valence-corrected chi connectivity index (χ3v) is 4.34. The van der Waals surface area contributed by atoms with E-state index in [0.717, 1.165) is 38.9 Å². The molecule has 5 heteroatoms. The van der Waals surface area contributed by atoms with Crippen LogP contribution in [0.3, 0.4) is 0 Å². The molecule has 0 aliphatic carbocycles. The maximum atomic E-state index is 12.7. The van der Waals surface area contributed by atoms with E-state index in [-0.39, 0.29) is 11.9 Å². The van der Waals surface area contributed by atoms with Gasteiger partial charge < -0.3 is 10.2 Å². The highest BCUT2D eigenvalue weighted by Crippen LogP contribution is 2.24. The lowest BCUT2D eigenvalue weighted by Crippen LogP contribution is -2.49. The van der Waals surface area contributed by atoms with Gasteiger partial charge in [0.1, 0.15) is 0 Å². The average molecular weight is 315 g/mol. The zero-order valence-corrected chi connectivity index (χ0v) is 13.2. The SMILES string of the molecule is CCCN(C(=O)c1ccc(Cl)c(Cl)c1)C1CCCNC1. The number of nitrogens with zero attached hydrogens (tertiary/aromatic N) is 1. The summed E-state index contributed by atoms with van der Waals surface area (Å²) in [6, 6.07) is 5.35. The molecule has 3 nitrogen and oxygen atoms in total. The lowest BCUT2D eigenvalue weighted by Gasteiger charge is -2.34. The van der Waals surface area contributed by atoms with E-state index < -0.39 is 0 Å². The monoisotopic (exact) mass is 314 g/mol. The lowest BCUT2D eigenvalue weighted by atomic mass is 10.0. The van der Waals surface area contributed by atoms with Gasteiger partial charge in [0.05, 0.1) is 10.0 Å². The van der Waals surface area contributed by atoms with Crippen molar-refractivity contribution >= 4 is 29.1 Å². The van der Waals surface area contributed by atoms with Crippen LogP contribution in [0.15, 0.2) is 18.2 Å². The molecular weight excluding hydrogens is 295 g/mol. The fourth-order valence-corrected chi connectivity index (χ4v) is 2.88. The van der Waals surface area contributed by atoms with Crippen molar-refractivity contribution in [2.45, 2.75) is 32.2 Å². The highest BCUT2D eigenvalue weighted by atomic mass is 35.5. The van der Waals surface area contributed by atoms with Crippen LogP contribution >= 0.6 is 23.2 Å². The third kappa shape index (κ3) is 3.66. The Kier molecular flexibility index (Phi) is 5.70. The Morgan fingerprint density at radius 3 is 2.80 bits per heavy atom. The van der Waals surface area contributed by atoms with Crippen LogP contribution in [0, 0.1) is 0 Å². The van der Waals surface area contributed by atoms with Crippen molar-refractivity contribution in [2.24, 2.45) is 0 Å². The quantitative estimate of drug-likeness (QED) is 0.921. The van der Waals surface area contributed by atoms with E-state index >= 15 is 0 Å². The molecule has 0 saturated carbocycles. The van der Waals surface area contributed by atoms with Crippen LogP contribution in [-0.2, 0) is 0 Å². The van der Waals surface area contributed by atoms with Crippen LogP contribution in [0.4, 0.5) is 0 Å². The number of rotatable bonds is 4. The lowest BCUT2D eigenvalue weighted by molar-refractivity contribution is 0.0649. The van der Waals surface area contributed by atoms with Crippen LogP contribution in [0.2, 0.25) is 10.0 Å². The molecule has 0 bridgehead atoms. The Labute approximate surface area is 130 Å². The van der Waals surface area contributed by atoms with Crippen molar-refractivity contribution in [3.63, 3.8) is 0 Å². The Bertz CT molecular complexity index is 473. The predicted octanol–water partition coefficient (Wildman–Crippen LogP) is 3.60. The topological polar surface area (TPSA) is 32.3 Å². The first kappa shape index (κ1) is 15.6. The molecule has 0 aromatic heterocycles. The van der Waals surface area contributed by atoms with Gasteiger partial charge in [-0.15, -0.1) is 0 Å². The van der Waals surface area contributed by atoms with Gasteiger partial charge in [0.25, 0.3) is 5.91 Å². The van der Waals surface area contributed by atoms with Crippen molar-refractivity contribution in [2.75, 3.05) is 19.6 Å². The summed E-state index contributed by atoms with van der Waals surface area (Å²) >= 11 is 11.9. The van der Waals surface area contributed by atoms with Crippen LogP contribution in [0.25, 0.3) is 0 Å². The van der Waals surface area contributed by atoms with Gasteiger partial charge in [0.2, 0.25) is 0 Å². The van der Waals surface area contributed by atoms with Crippen molar-refractivity contribution < 1.29 is 4.79 Å². The molecule has 1 N–H and O–H groups in total. The van der Waals surface area contributed by atoms with E-state index in [4.69, 9.17) is 23.2 Å². The molecule has 1 heterocycles. The first-order valence-electron chi connectivity index (χ1n) is 7.10. The standard InChI is InChI=1S/C15H20Cl2N2O/c1-2-8-19(12-4-3-7-18-10-12)15(20)11-5-6-13(16)14(17)9-11/h5-6,9,12,18H,2-4,7-8,10H2,1H3. The largest absolute Gasteiger partial charge is 0.334 e. The minimum absolute atomic E-state index is 0.0408. The molecule has 20 heavy (non-hydrogen) atoms. The maximum absolute atomic E-state index is 12.7. The minimum Gasteiger partial charge on any atom is -0.334 e. The van der Waals surface area contributed by atoms with Crippen molar-refractivity contribution in [3.8, 4) is 0 Å². The van der Waals surface area contributed by atoms with Gasteiger partial charge in [-0.05, 0) is 44.0 Å². The number of hydrogen-bond donors (Lipinski definition) is 1. The number of carbonyl (C=O) groups excluding carboxylic acids is 1. The molecule has 1 aromatic carbocycles. The molecular formula is C15H20Cl2N2O. The molecule has 1 saturated heterocycles. The highest BCUT2D eigenvalue weighted by Gasteiger charge is 2.25. The molecule has 110 valence electrons. The number of benzene rings is 1. The minimum atomic E-state index is 0.0408. The second kappa shape index (κ2) is 7.30. The smallest absolute Gasteiger partial charge is 0.254 e. The van der Waals surface area contributed by atoms with Gasteiger partial charge in [-0.1, -0.05) is 30.1 Å². The van der Waals surface area contributed by atoms with Gasteiger partial charge in [0, 0.05) is 24.7 Å². The highest BCUT2D eigenvalue weighted by molar-refractivity contribution is 6.42. The van der Waals surface area contributed by atoms with E-state index in [2.05, 4.69) is 12.2 Å². The summed E-state index contributed by atoms with van der Waals surface area (Å²) in [5.41, 5.74) is 0.610. The Hall–Kier alpha value is -0.770. The fourth-order valence-electron chi connectivity index (χ4n) is 2.59. The van der Waals surface area contributed by atoms with E-state index in [1.54, 1.807) is 18.2 Å². The number of nitrogens with one attached hydrogen (secondary N) is 1. The van der Waals surface area contributed by atoms with Gasteiger partial charge in [-0.25, -0.2) is 0 Å². The summed E-state index contributed by atoms with van der Waals surface area (Å²) < 4.78 is 0. The number of amides is 1. The number of hydrogen-bond acceptors (Lipinski definition) is 2.